The van der Waals surface area contributed by atoms with E-state index in [1.54, 1.807) is 12.1 Å². The van der Waals surface area contributed by atoms with Crippen molar-refractivity contribution in [2.24, 2.45) is 16.7 Å². The van der Waals surface area contributed by atoms with E-state index in [0.717, 1.165) is 6.42 Å². The van der Waals surface area contributed by atoms with Gasteiger partial charge in [-0.15, -0.1) is 0 Å². The molecule has 0 aliphatic rings. The highest BCUT2D eigenvalue weighted by Crippen LogP contribution is 2.36. The van der Waals surface area contributed by atoms with Crippen LogP contribution < -0.4 is 4.52 Å². The van der Waals surface area contributed by atoms with Crippen molar-refractivity contribution < 1.29 is 14.3 Å². The molecule has 0 spiro atoms. The van der Waals surface area contributed by atoms with Crippen LogP contribution in [-0.4, -0.2) is 9.79 Å². The Morgan fingerprint density at radius 1 is 1.00 bits per heavy atom. The Kier molecular flexibility index (Phi) is 6.85. The fourth-order valence-corrected chi connectivity index (χ4v) is 2.82. The molecule has 126 valence electrons. The molecule has 0 bridgehead atoms. The van der Waals surface area contributed by atoms with Crippen molar-refractivity contribution in [2.45, 2.75) is 60.8 Å². The summed E-state index contributed by atoms with van der Waals surface area (Å²) in [7, 11) is -2.34. The first kappa shape index (κ1) is 19.4. The van der Waals surface area contributed by atoms with Gasteiger partial charge in [0.05, 0.1) is 0 Å². The maximum atomic E-state index is 8.87. The third-order valence-corrected chi connectivity index (χ3v) is 4.43. The maximum Gasteiger partial charge on any atom is 0.391 e. The number of rotatable bonds is 6. The van der Waals surface area contributed by atoms with Gasteiger partial charge in [0.1, 0.15) is 5.75 Å². The molecular formula is C18H31O3P. The van der Waals surface area contributed by atoms with Crippen molar-refractivity contribution in [1.82, 2.24) is 0 Å². The molecule has 0 radical (unpaired) electrons. The quantitative estimate of drug-likeness (QED) is 0.697. The van der Waals surface area contributed by atoms with Gasteiger partial charge in [0, 0.05) is 0 Å². The van der Waals surface area contributed by atoms with Gasteiger partial charge in [-0.25, -0.2) is 0 Å². The number of benzene rings is 1. The first-order valence-electron chi connectivity index (χ1n) is 7.92. The predicted octanol–water partition coefficient (Wildman–Crippen LogP) is 5.31. The molecule has 0 saturated heterocycles. The molecule has 4 heteroatoms. The van der Waals surface area contributed by atoms with Crippen LogP contribution in [0.4, 0.5) is 0 Å². The molecule has 3 nitrogen and oxygen atoms in total. The van der Waals surface area contributed by atoms with E-state index >= 15 is 0 Å². The highest BCUT2D eigenvalue weighted by molar-refractivity contribution is 7.39. The van der Waals surface area contributed by atoms with E-state index in [0.29, 0.717) is 17.1 Å². The molecule has 0 saturated carbocycles. The summed E-state index contributed by atoms with van der Waals surface area (Å²) < 4.78 is 4.91. The van der Waals surface area contributed by atoms with Crippen LogP contribution >= 0.6 is 8.60 Å². The maximum absolute atomic E-state index is 8.87. The molecular weight excluding hydrogens is 295 g/mol. The van der Waals surface area contributed by atoms with Crippen LogP contribution in [0.2, 0.25) is 0 Å². The van der Waals surface area contributed by atoms with E-state index in [4.69, 9.17) is 14.3 Å². The highest BCUT2D eigenvalue weighted by atomic mass is 31.2. The Bertz CT molecular complexity index is 441. The lowest BCUT2D eigenvalue weighted by Gasteiger charge is -2.33. The lowest BCUT2D eigenvalue weighted by molar-refractivity contribution is 0.195. The monoisotopic (exact) mass is 326 g/mol. The normalized spacial score (nSPS) is 14.2. The van der Waals surface area contributed by atoms with Gasteiger partial charge in [-0.3, -0.25) is 0 Å². The molecule has 1 rings (SSSR count). The Morgan fingerprint density at radius 2 is 1.55 bits per heavy atom. The minimum Gasteiger partial charge on any atom is -0.427 e. The zero-order valence-corrected chi connectivity index (χ0v) is 15.7. The number of hydrogen-bond acceptors (Lipinski definition) is 3. The van der Waals surface area contributed by atoms with Crippen molar-refractivity contribution in [2.75, 3.05) is 0 Å². The van der Waals surface area contributed by atoms with Gasteiger partial charge in [-0.1, -0.05) is 53.7 Å². The van der Waals surface area contributed by atoms with E-state index in [9.17, 15) is 0 Å². The summed E-state index contributed by atoms with van der Waals surface area (Å²) in [6.07, 6.45) is 3.46. The van der Waals surface area contributed by atoms with E-state index in [-0.39, 0.29) is 5.41 Å². The van der Waals surface area contributed by atoms with E-state index in [1.807, 2.05) is 12.1 Å². The second-order valence-corrected chi connectivity index (χ2v) is 9.04. The van der Waals surface area contributed by atoms with Gasteiger partial charge >= 0.3 is 8.60 Å². The molecule has 0 fully saturated rings. The van der Waals surface area contributed by atoms with Crippen LogP contribution in [-0.2, 0) is 6.42 Å². The van der Waals surface area contributed by atoms with Crippen molar-refractivity contribution >= 4 is 8.60 Å². The average Bonchev–Trinajstić information content (AvgIpc) is 2.33. The van der Waals surface area contributed by atoms with Crippen LogP contribution in [0.5, 0.6) is 5.75 Å². The molecule has 0 aliphatic heterocycles. The Labute approximate surface area is 136 Å². The second kappa shape index (κ2) is 7.77. The summed E-state index contributed by atoms with van der Waals surface area (Å²) >= 11 is 0. The summed E-state index contributed by atoms with van der Waals surface area (Å²) in [5, 5.41) is 0. The molecule has 0 heterocycles. The average molecular weight is 326 g/mol. The Morgan fingerprint density at radius 3 is 1.95 bits per heavy atom. The zero-order chi connectivity index (χ0) is 17.0. The van der Waals surface area contributed by atoms with E-state index in [2.05, 4.69) is 41.5 Å². The van der Waals surface area contributed by atoms with Crippen molar-refractivity contribution in [3.63, 3.8) is 0 Å². The van der Waals surface area contributed by atoms with Crippen LogP contribution in [0.1, 0.15) is 59.9 Å². The molecule has 0 aromatic heterocycles. The first-order valence-corrected chi connectivity index (χ1v) is 9.09. The molecule has 2 N–H and O–H groups in total. The fraction of sp³-hybridized carbons (Fsp3) is 0.667. The summed E-state index contributed by atoms with van der Waals surface area (Å²) in [4.78, 5) is 17.7. The standard InChI is InChI=1S/C18H31O3P/c1-17(2,3)12-11-15(18(4,5)6)13-14-7-9-16(10-8-14)21-22(19)20/h7-10,15,19-20H,11-13H2,1-6H3. The van der Waals surface area contributed by atoms with E-state index in [1.165, 1.54) is 18.4 Å². The minimum absolute atomic E-state index is 0.269. The summed E-state index contributed by atoms with van der Waals surface area (Å²) in [5.74, 6) is 1.12. The van der Waals surface area contributed by atoms with Gasteiger partial charge < -0.3 is 14.3 Å². The van der Waals surface area contributed by atoms with Gasteiger partial charge in [0.25, 0.3) is 0 Å². The molecule has 0 aliphatic carbocycles. The fourth-order valence-electron chi connectivity index (χ4n) is 2.51. The predicted molar refractivity (Wildman–Crippen MR) is 93.8 cm³/mol. The summed E-state index contributed by atoms with van der Waals surface area (Å²) in [6, 6.07) is 7.65. The molecule has 1 aromatic rings. The topological polar surface area (TPSA) is 49.7 Å². The minimum atomic E-state index is -2.34. The van der Waals surface area contributed by atoms with Crippen LogP contribution in [0.15, 0.2) is 24.3 Å². The molecule has 1 aromatic carbocycles. The van der Waals surface area contributed by atoms with Gasteiger partial charge in [-0.2, -0.15) is 0 Å². The van der Waals surface area contributed by atoms with Gasteiger partial charge in [0.15, 0.2) is 0 Å². The molecule has 0 amide bonds. The first-order chi connectivity index (χ1) is 9.97. The van der Waals surface area contributed by atoms with Crippen molar-refractivity contribution in [1.29, 1.82) is 0 Å². The third-order valence-electron chi connectivity index (χ3n) is 4.06. The SMILES string of the molecule is CC(C)(C)CCC(Cc1ccc(OP(O)O)cc1)C(C)(C)C. The molecule has 22 heavy (non-hydrogen) atoms. The van der Waals surface area contributed by atoms with Crippen LogP contribution in [0, 0.1) is 16.7 Å². The third kappa shape index (κ3) is 7.58. The number of hydrogen-bond donors (Lipinski definition) is 2. The van der Waals surface area contributed by atoms with Crippen LogP contribution in [0.25, 0.3) is 0 Å². The van der Waals surface area contributed by atoms with Gasteiger partial charge in [0.2, 0.25) is 0 Å². The van der Waals surface area contributed by atoms with Crippen molar-refractivity contribution in [3.8, 4) is 5.75 Å². The largest absolute Gasteiger partial charge is 0.427 e. The van der Waals surface area contributed by atoms with E-state index < -0.39 is 8.60 Å². The van der Waals surface area contributed by atoms with Crippen molar-refractivity contribution in [3.05, 3.63) is 29.8 Å². The van der Waals surface area contributed by atoms with Gasteiger partial charge in [-0.05, 0) is 53.7 Å². The lowest BCUT2D eigenvalue weighted by atomic mass is 9.72. The lowest BCUT2D eigenvalue weighted by Crippen LogP contribution is -2.24. The summed E-state index contributed by atoms with van der Waals surface area (Å²) in [5.41, 5.74) is 1.90. The molecule has 1 atom stereocenters. The van der Waals surface area contributed by atoms with Crippen LogP contribution in [0.3, 0.4) is 0 Å². The smallest absolute Gasteiger partial charge is 0.391 e. The summed E-state index contributed by atoms with van der Waals surface area (Å²) in [6.45, 7) is 13.8. The molecule has 1 unspecified atom stereocenters. The Hall–Kier alpha value is -0.630. The second-order valence-electron chi connectivity index (χ2n) is 8.35. The Balaban J connectivity index is 2.73. The zero-order valence-electron chi connectivity index (χ0n) is 14.8. The highest BCUT2D eigenvalue weighted by Gasteiger charge is 2.26.